The summed E-state index contributed by atoms with van der Waals surface area (Å²) in [6.07, 6.45) is -1.82. The highest BCUT2D eigenvalue weighted by Gasteiger charge is 2.32. The number of carbonyl (C=O) groups is 1. The Balaban J connectivity index is 1.62. The number of benzene rings is 2. The number of piperidine rings is 1. The second-order valence-electron chi connectivity index (χ2n) is 7.48. The Morgan fingerprint density at radius 1 is 1.13 bits per heavy atom. The standard InChI is InChI=1S/C22H20F3N3O2/c23-22(24,25)15-7-5-6-14(12-15)13-16-8-3-4-11-28(16)21(30)19-20(29)27-18-10-2-1-9-17(18)26-19/h1-2,5-7,9-10,12,16H,3-4,8,11,13H2,(H,27,29). The zero-order chi connectivity index (χ0) is 21.3. The van der Waals surface area contributed by atoms with Gasteiger partial charge >= 0.3 is 6.18 Å². The molecule has 2 aromatic carbocycles. The van der Waals surface area contributed by atoms with E-state index < -0.39 is 23.2 Å². The van der Waals surface area contributed by atoms with Gasteiger partial charge in [-0.25, -0.2) is 4.98 Å². The lowest BCUT2D eigenvalue weighted by atomic mass is 9.94. The number of aromatic amines is 1. The minimum absolute atomic E-state index is 0.190. The predicted molar refractivity (Wildman–Crippen MR) is 106 cm³/mol. The van der Waals surface area contributed by atoms with Crippen LogP contribution in [-0.4, -0.2) is 33.4 Å². The highest BCUT2D eigenvalue weighted by atomic mass is 19.4. The molecule has 0 radical (unpaired) electrons. The highest BCUT2D eigenvalue weighted by Crippen LogP contribution is 2.30. The summed E-state index contributed by atoms with van der Waals surface area (Å²) in [5.74, 6) is -0.487. The molecule has 4 rings (SSSR count). The lowest BCUT2D eigenvalue weighted by molar-refractivity contribution is -0.137. The summed E-state index contributed by atoms with van der Waals surface area (Å²) in [5, 5.41) is 0. The van der Waals surface area contributed by atoms with Gasteiger partial charge in [0.05, 0.1) is 16.6 Å². The summed E-state index contributed by atoms with van der Waals surface area (Å²) in [7, 11) is 0. The van der Waals surface area contributed by atoms with Crippen molar-refractivity contribution in [3.63, 3.8) is 0 Å². The number of amides is 1. The van der Waals surface area contributed by atoms with Crippen LogP contribution in [0.2, 0.25) is 0 Å². The van der Waals surface area contributed by atoms with Gasteiger partial charge in [0.1, 0.15) is 0 Å². The number of fused-ring (bicyclic) bond motifs is 1. The van der Waals surface area contributed by atoms with Crippen LogP contribution < -0.4 is 5.56 Å². The van der Waals surface area contributed by atoms with E-state index in [1.54, 1.807) is 35.2 Å². The van der Waals surface area contributed by atoms with Gasteiger partial charge in [0.15, 0.2) is 5.69 Å². The first-order chi connectivity index (χ1) is 14.3. The Morgan fingerprint density at radius 2 is 1.93 bits per heavy atom. The molecular formula is C22H20F3N3O2. The molecule has 0 spiro atoms. The molecule has 0 bridgehead atoms. The number of likely N-dealkylation sites (tertiary alicyclic amines) is 1. The average molecular weight is 415 g/mol. The van der Waals surface area contributed by atoms with Gasteiger partial charge in [-0.1, -0.05) is 30.3 Å². The molecule has 5 nitrogen and oxygen atoms in total. The molecule has 3 aromatic rings. The van der Waals surface area contributed by atoms with Crippen molar-refractivity contribution < 1.29 is 18.0 Å². The Bertz CT molecular complexity index is 1140. The van der Waals surface area contributed by atoms with Crippen molar-refractivity contribution in [3.05, 3.63) is 75.7 Å². The second-order valence-corrected chi connectivity index (χ2v) is 7.48. The summed E-state index contributed by atoms with van der Waals surface area (Å²) in [5.41, 5.74) is 0.0908. The maximum atomic E-state index is 13.2. The van der Waals surface area contributed by atoms with E-state index in [1.165, 1.54) is 6.07 Å². The zero-order valence-corrected chi connectivity index (χ0v) is 16.1. The molecule has 1 unspecified atom stereocenters. The molecular weight excluding hydrogens is 395 g/mol. The number of carbonyl (C=O) groups excluding carboxylic acids is 1. The molecule has 1 aliphatic heterocycles. The molecule has 0 saturated carbocycles. The van der Waals surface area contributed by atoms with E-state index in [-0.39, 0.29) is 11.7 Å². The van der Waals surface area contributed by atoms with E-state index in [4.69, 9.17) is 0 Å². The molecule has 1 N–H and O–H groups in total. The summed E-state index contributed by atoms with van der Waals surface area (Å²) < 4.78 is 39.1. The maximum absolute atomic E-state index is 13.2. The molecule has 30 heavy (non-hydrogen) atoms. The van der Waals surface area contributed by atoms with E-state index in [1.807, 2.05) is 0 Å². The van der Waals surface area contributed by atoms with E-state index in [9.17, 15) is 22.8 Å². The molecule has 1 fully saturated rings. The summed E-state index contributed by atoms with van der Waals surface area (Å²) in [4.78, 5) is 34.1. The molecule has 1 saturated heterocycles. The number of aromatic nitrogens is 2. The van der Waals surface area contributed by atoms with Crippen LogP contribution in [-0.2, 0) is 12.6 Å². The molecule has 1 aliphatic rings. The molecule has 0 aliphatic carbocycles. The normalized spacial score (nSPS) is 17.3. The lowest BCUT2D eigenvalue weighted by Crippen LogP contribution is -2.46. The van der Waals surface area contributed by atoms with Gasteiger partial charge in [0.2, 0.25) is 0 Å². The summed E-state index contributed by atoms with van der Waals surface area (Å²) in [6.45, 7) is 0.441. The van der Waals surface area contributed by atoms with Gasteiger partial charge in [0.25, 0.3) is 11.5 Å². The number of halogens is 3. The predicted octanol–water partition coefficient (Wildman–Crippen LogP) is 4.18. The third-order valence-electron chi connectivity index (χ3n) is 5.42. The number of para-hydroxylation sites is 2. The molecule has 8 heteroatoms. The first-order valence-electron chi connectivity index (χ1n) is 9.79. The van der Waals surface area contributed by atoms with E-state index in [0.717, 1.165) is 25.0 Å². The van der Waals surface area contributed by atoms with Crippen LogP contribution >= 0.6 is 0 Å². The van der Waals surface area contributed by atoms with Gasteiger partial charge < -0.3 is 9.88 Å². The lowest BCUT2D eigenvalue weighted by Gasteiger charge is -2.35. The number of nitrogens with zero attached hydrogens (tertiary/aromatic N) is 2. The fourth-order valence-corrected chi connectivity index (χ4v) is 3.94. The first kappa shape index (κ1) is 20.1. The van der Waals surface area contributed by atoms with E-state index in [0.29, 0.717) is 36.0 Å². The topological polar surface area (TPSA) is 66.1 Å². The fourth-order valence-electron chi connectivity index (χ4n) is 3.94. The van der Waals surface area contributed by atoms with Crippen molar-refractivity contribution in [2.45, 2.75) is 37.9 Å². The van der Waals surface area contributed by atoms with Crippen molar-refractivity contribution in [1.29, 1.82) is 0 Å². The van der Waals surface area contributed by atoms with Crippen molar-refractivity contribution in [3.8, 4) is 0 Å². The van der Waals surface area contributed by atoms with Crippen molar-refractivity contribution >= 4 is 16.9 Å². The average Bonchev–Trinajstić information content (AvgIpc) is 2.73. The van der Waals surface area contributed by atoms with Crippen LogP contribution in [0.4, 0.5) is 13.2 Å². The molecule has 1 amide bonds. The van der Waals surface area contributed by atoms with Crippen LogP contribution in [0.15, 0.2) is 53.3 Å². The molecule has 1 aromatic heterocycles. The van der Waals surface area contributed by atoms with Gasteiger partial charge in [-0.05, 0) is 49.4 Å². The van der Waals surface area contributed by atoms with Crippen LogP contribution in [0.5, 0.6) is 0 Å². The van der Waals surface area contributed by atoms with Gasteiger partial charge in [-0.2, -0.15) is 13.2 Å². The van der Waals surface area contributed by atoms with Crippen molar-refractivity contribution in [1.82, 2.24) is 14.9 Å². The maximum Gasteiger partial charge on any atom is 0.416 e. The molecule has 2 heterocycles. The highest BCUT2D eigenvalue weighted by molar-refractivity contribution is 5.94. The van der Waals surface area contributed by atoms with Crippen LogP contribution in [0, 0.1) is 0 Å². The minimum atomic E-state index is -4.42. The Kier molecular flexibility index (Phi) is 5.32. The third-order valence-corrected chi connectivity index (χ3v) is 5.42. The Labute approximate surface area is 170 Å². The molecule has 1 atom stereocenters. The number of hydrogen-bond acceptors (Lipinski definition) is 3. The van der Waals surface area contributed by atoms with Gasteiger partial charge in [-0.3, -0.25) is 9.59 Å². The van der Waals surface area contributed by atoms with Crippen molar-refractivity contribution in [2.24, 2.45) is 0 Å². The summed E-state index contributed by atoms with van der Waals surface area (Å²) in [6, 6.07) is 11.8. The number of nitrogens with one attached hydrogen (secondary N) is 1. The number of alkyl halides is 3. The smallest absolute Gasteiger partial charge is 0.334 e. The monoisotopic (exact) mass is 415 g/mol. The van der Waals surface area contributed by atoms with Crippen molar-refractivity contribution in [2.75, 3.05) is 6.54 Å². The van der Waals surface area contributed by atoms with E-state index >= 15 is 0 Å². The third kappa shape index (κ3) is 4.08. The first-order valence-corrected chi connectivity index (χ1v) is 9.79. The van der Waals surface area contributed by atoms with Crippen LogP contribution in [0.25, 0.3) is 11.0 Å². The zero-order valence-electron chi connectivity index (χ0n) is 16.1. The largest absolute Gasteiger partial charge is 0.416 e. The fraction of sp³-hybridized carbons (Fsp3) is 0.318. The van der Waals surface area contributed by atoms with Crippen LogP contribution in [0.1, 0.15) is 40.9 Å². The van der Waals surface area contributed by atoms with Gasteiger partial charge in [0, 0.05) is 12.6 Å². The SMILES string of the molecule is O=C(c1nc2ccccc2[nH]c1=O)N1CCCCC1Cc1cccc(C(F)(F)F)c1. The minimum Gasteiger partial charge on any atom is -0.334 e. The van der Waals surface area contributed by atoms with Gasteiger partial charge in [-0.15, -0.1) is 0 Å². The number of hydrogen-bond donors (Lipinski definition) is 1. The van der Waals surface area contributed by atoms with Crippen LogP contribution in [0.3, 0.4) is 0 Å². The Morgan fingerprint density at radius 3 is 2.73 bits per heavy atom. The number of H-pyrrole nitrogens is 1. The van der Waals surface area contributed by atoms with E-state index in [2.05, 4.69) is 9.97 Å². The second kappa shape index (κ2) is 7.93. The summed E-state index contributed by atoms with van der Waals surface area (Å²) >= 11 is 0. The molecule has 156 valence electrons. The number of rotatable bonds is 3. The quantitative estimate of drug-likeness (QED) is 0.698. The Hall–Kier alpha value is -3.16.